The Kier molecular flexibility index (Phi) is 2.02. The predicted octanol–water partition coefficient (Wildman–Crippen LogP) is 1.56. The van der Waals surface area contributed by atoms with Crippen LogP contribution in [0.4, 0.5) is 0 Å². The fourth-order valence-corrected chi connectivity index (χ4v) is 3.46. The molecular weight excluding hydrogens is 222 g/mol. The summed E-state index contributed by atoms with van der Waals surface area (Å²) < 4.78 is 0. The quantitative estimate of drug-likeness (QED) is 0.854. The predicted molar refractivity (Wildman–Crippen MR) is 72.5 cm³/mol. The lowest BCUT2D eigenvalue weighted by atomic mass is 9.94. The number of benzene rings is 1. The number of hydrogen-bond donors (Lipinski definition) is 1. The fraction of sp³-hybridized carbons (Fsp3) is 0.533. The molecule has 0 unspecified atom stereocenters. The summed E-state index contributed by atoms with van der Waals surface area (Å²) in [5, 5.41) is 0. The molecule has 1 aromatic rings. The van der Waals surface area contributed by atoms with Crippen molar-refractivity contribution in [3.63, 3.8) is 0 Å². The van der Waals surface area contributed by atoms with Crippen molar-refractivity contribution in [2.24, 2.45) is 16.6 Å². The Bertz CT molecular complexity index is 491. The first kappa shape index (κ1) is 10.4. The van der Waals surface area contributed by atoms with Gasteiger partial charge in [-0.3, -0.25) is 4.99 Å². The highest BCUT2D eigenvalue weighted by Crippen LogP contribution is 2.40. The highest BCUT2D eigenvalue weighted by Gasteiger charge is 2.47. The lowest BCUT2D eigenvalue weighted by Crippen LogP contribution is -2.53. The van der Waals surface area contributed by atoms with E-state index in [1.807, 2.05) is 0 Å². The number of aliphatic imine (C=N–C) groups is 1. The Morgan fingerprint density at radius 3 is 2.50 bits per heavy atom. The maximum absolute atomic E-state index is 6.12. The van der Waals surface area contributed by atoms with Gasteiger partial charge in [0.25, 0.3) is 0 Å². The van der Waals surface area contributed by atoms with Crippen LogP contribution in [0.1, 0.15) is 24.0 Å². The van der Waals surface area contributed by atoms with Crippen molar-refractivity contribution in [1.29, 1.82) is 0 Å². The maximum atomic E-state index is 6.12. The van der Waals surface area contributed by atoms with Crippen LogP contribution < -0.4 is 5.73 Å². The summed E-state index contributed by atoms with van der Waals surface area (Å²) in [6.07, 6.45) is 4.96. The number of nitrogens with two attached hydrogens (primary N) is 1. The molecule has 1 fully saturated rings. The second-order valence-corrected chi connectivity index (χ2v) is 6.08. The molecule has 1 spiro atoms. The molecule has 0 saturated heterocycles. The van der Waals surface area contributed by atoms with Gasteiger partial charge in [-0.15, -0.1) is 0 Å². The van der Waals surface area contributed by atoms with Crippen molar-refractivity contribution >= 4 is 5.96 Å². The molecule has 0 bridgehead atoms. The first-order valence-electron chi connectivity index (χ1n) is 6.91. The van der Waals surface area contributed by atoms with Crippen LogP contribution in [0.2, 0.25) is 0 Å². The van der Waals surface area contributed by atoms with E-state index >= 15 is 0 Å². The summed E-state index contributed by atoms with van der Waals surface area (Å²) in [6.45, 7) is 1.99. The van der Waals surface area contributed by atoms with E-state index in [-0.39, 0.29) is 5.54 Å². The van der Waals surface area contributed by atoms with Gasteiger partial charge in [-0.25, -0.2) is 0 Å². The summed E-state index contributed by atoms with van der Waals surface area (Å²) in [4.78, 5) is 6.94. The Hall–Kier alpha value is -1.51. The molecule has 94 valence electrons. The van der Waals surface area contributed by atoms with Gasteiger partial charge >= 0.3 is 0 Å². The maximum Gasteiger partial charge on any atom is 0.191 e. The number of rotatable bonds is 2. The molecule has 0 amide bonds. The van der Waals surface area contributed by atoms with Crippen molar-refractivity contribution in [3.8, 4) is 0 Å². The van der Waals surface area contributed by atoms with Crippen molar-refractivity contribution < 1.29 is 0 Å². The third kappa shape index (κ3) is 1.46. The molecule has 2 aliphatic carbocycles. The van der Waals surface area contributed by atoms with Gasteiger partial charge in [0.1, 0.15) is 0 Å². The Labute approximate surface area is 108 Å². The first-order valence-corrected chi connectivity index (χ1v) is 6.91. The van der Waals surface area contributed by atoms with Gasteiger partial charge < -0.3 is 10.6 Å². The van der Waals surface area contributed by atoms with Gasteiger partial charge in [0.15, 0.2) is 5.96 Å². The molecule has 3 nitrogen and oxygen atoms in total. The van der Waals surface area contributed by atoms with E-state index in [0.717, 1.165) is 37.8 Å². The lowest BCUT2D eigenvalue weighted by Gasteiger charge is -2.36. The minimum Gasteiger partial charge on any atom is -0.370 e. The molecule has 0 atom stereocenters. The molecule has 18 heavy (non-hydrogen) atoms. The van der Waals surface area contributed by atoms with Crippen molar-refractivity contribution in [1.82, 2.24) is 4.90 Å². The topological polar surface area (TPSA) is 41.6 Å². The van der Waals surface area contributed by atoms with Crippen LogP contribution in [0.25, 0.3) is 0 Å². The molecule has 3 aliphatic rings. The third-order valence-corrected chi connectivity index (χ3v) is 4.68. The average molecular weight is 241 g/mol. The van der Waals surface area contributed by atoms with Crippen LogP contribution in [-0.4, -0.2) is 29.5 Å². The largest absolute Gasteiger partial charge is 0.370 e. The van der Waals surface area contributed by atoms with Crippen LogP contribution in [0.5, 0.6) is 0 Å². The molecule has 1 aromatic carbocycles. The smallest absolute Gasteiger partial charge is 0.191 e. The minimum atomic E-state index is 0.163. The molecule has 1 heterocycles. The Morgan fingerprint density at radius 1 is 1.22 bits per heavy atom. The van der Waals surface area contributed by atoms with Crippen molar-refractivity contribution in [2.75, 3.05) is 13.1 Å². The van der Waals surface area contributed by atoms with Gasteiger partial charge in [-0.2, -0.15) is 0 Å². The molecule has 1 aliphatic heterocycles. The fourth-order valence-electron chi connectivity index (χ4n) is 3.46. The second-order valence-electron chi connectivity index (χ2n) is 6.08. The van der Waals surface area contributed by atoms with Crippen LogP contribution in [0.3, 0.4) is 0 Å². The highest BCUT2D eigenvalue weighted by atomic mass is 15.4. The Balaban J connectivity index is 1.64. The third-order valence-electron chi connectivity index (χ3n) is 4.68. The summed E-state index contributed by atoms with van der Waals surface area (Å²) in [7, 11) is 0. The van der Waals surface area contributed by atoms with Crippen molar-refractivity contribution in [2.45, 2.75) is 31.2 Å². The monoisotopic (exact) mass is 241 g/mol. The molecule has 0 radical (unpaired) electrons. The van der Waals surface area contributed by atoms with Gasteiger partial charge in [0.2, 0.25) is 0 Å². The highest BCUT2D eigenvalue weighted by molar-refractivity contribution is 5.81. The molecular formula is C15H19N3. The number of guanidine groups is 1. The van der Waals surface area contributed by atoms with Crippen molar-refractivity contribution in [3.05, 3.63) is 35.4 Å². The molecule has 3 heteroatoms. The standard InChI is InChI=1S/C15H19N3/c16-14-17-10-15(18(14)9-11-5-6-11)7-12-3-1-2-4-13(12)8-15/h1-4,11H,5-10H2,(H2,16,17). The van der Waals surface area contributed by atoms with E-state index in [1.54, 1.807) is 0 Å². The van der Waals surface area contributed by atoms with E-state index in [9.17, 15) is 0 Å². The van der Waals surface area contributed by atoms with Crippen LogP contribution >= 0.6 is 0 Å². The second kappa shape index (κ2) is 3.50. The normalized spacial score (nSPS) is 24.4. The summed E-state index contributed by atoms with van der Waals surface area (Å²) >= 11 is 0. The average Bonchev–Trinajstić information content (AvgIpc) is 3.05. The van der Waals surface area contributed by atoms with E-state index < -0.39 is 0 Å². The zero-order valence-electron chi connectivity index (χ0n) is 10.6. The number of hydrogen-bond acceptors (Lipinski definition) is 3. The number of nitrogens with zero attached hydrogens (tertiary/aromatic N) is 2. The lowest BCUT2D eigenvalue weighted by molar-refractivity contribution is 0.204. The molecule has 1 saturated carbocycles. The van der Waals surface area contributed by atoms with Gasteiger partial charge in [0.05, 0.1) is 12.1 Å². The van der Waals surface area contributed by atoms with E-state index in [1.165, 1.54) is 24.0 Å². The summed E-state index contributed by atoms with van der Waals surface area (Å²) in [6, 6.07) is 8.80. The number of fused-ring (bicyclic) bond motifs is 1. The molecule has 0 aromatic heterocycles. The van der Waals surface area contributed by atoms with Gasteiger partial charge in [0, 0.05) is 6.54 Å². The van der Waals surface area contributed by atoms with Gasteiger partial charge in [-0.1, -0.05) is 24.3 Å². The van der Waals surface area contributed by atoms with E-state index in [4.69, 9.17) is 5.73 Å². The van der Waals surface area contributed by atoms with Gasteiger partial charge in [-0.05, 0) is 42.7 Å². The Morgan fingerprint density at radius 2 is 1.89 bits per heavy atom. The summed E-state index contributed by atoms with van der Waals surface area (Å²) in [5.41, 5.74) is 9.26. The molecule has 4 rings (SSSR count). The van der Waals surface area contributed by atoms with Crippen LogP contribution in [0, 0.1) is 5.92 Å². The molecule has 2 N–H and O–H groups in total. The zero-order chi connectivity index (χ0) is 12.2. The van der Waals surface area contributed by atoms with Crippen LogP contribution in [0.15, 0.2) is 29.3 Å². The van der Waals surface area contributed by atoms with E-state index in [0.29, 0.717) is 0 Å². The summed E-state index contributed by atoms with van der Waals surface area (Å²) in [5.74, 6) is 1.63. The van der Waals surface area contributed by atoms with Crippen LogP contribution in [-0.2, 0) is 12.8 Å². The van der Waals surface area contributed by atoms with E-state index in [2.05, 4.69) is 34.2 Å². The first-order chi connectivity index (χ1) is 8.77. The minimum absolute atomic E-state index is 0.163. The zero-order valence-corrected chi connectivity index (χ0v) is 10.6. The SMILES string of the molecule is NC1=NCC2(Cc3ccccc3C2)N1CC1CC1.